The number of aliphatic hydroxyl groups is 1. The maximum atomic E-state index is 12.1. The SMILES string of the molecule is CO.O=C1c2ccccc2C(=O)c2ccccc21.O=S(O)O. The first-order valence-corrected chi connectivity index (χ1v) is 7.11. The molecule has 6 nitrogen and oxygen atoms in total. The van der Waals surface area contributed by atoms with Gasteiger partial charge in [0, 0.05) is 29.4 Å². The Balaban J connectivity index is 0.000000354. The highest BCUT2D eigenvalue weighted by Crippen LogP contribution is 2.26. The van der Waals surface area contributed by atoms with E-state index in [1.807, 2.05) is 0 Å². The molecule has 1 aliphatic carbocycles. The fourth-order valence-electron chi connectivity index (χ4n) is 2.05. The number of rotatable bonds is 0. The monoisotopic (exact) mass is 322 g/mol. The third kappa shape index (κ3) is 3.92. The first-order chi connectivity index (χ1) is 10.5. The summed E-state index contributed by atoms with van der Waals surface area (Å²) in [6.45, 7) is 0. The molecule has 0 atom stereocenters. The highest BCUT2D eigenvalue weighted by molar-refractivity contribution is 7.73. The van der Waals surface area contributed by atoms with Crippen molar-refractivity contribution in [3.05, 3.63) is 70.8 Å². The number of fused-ring (bicyclic) bond motifs is 2. The molecular formula is C15H14O6S. The zero-order valence-electron chi connectivity index (χ0n) is 11.6. The van der Waals surface area contributed by atoms with E-state index in [4.69, 9.17) is 18.4 Å². The Labute approximate surface area is 129 Å². The van der Waals surface area contributed by atoms with Gasteiger partial charge in [-0.3, -0.25) is 18.7 Å². The molecule has 0 saturated heterocycles. The molecule has 0 unspecified atom stereocenters. The van der Waals surface area contributed by atoms with Crippen molar-refractivity contribution < 1.29 is 28.0 Å². The molecule has 0 amide bonds. The number of ketones is 2. The van der Waals surface area contributed by atoms with Gasteiger partial charge in [-0.15, -0.1) is 0 Å². The van der Waals surface area contributed by atoms with Gasteiger partial charge in [0.05, 0.1) is 0 Å². The average Bonchev–Trinajstić information content (AvgIpc) is 2.54. The van der Waals surface area contributed by atoms with Crippen molar-refractivity contribution in [3.63, 3.8) is 0 Å². The number of aliphatic hydroxyl groups excluding tert-OH is 1. The van der Waals surface area contributed by atoms with E-state index in [1.165, 1.54) is 0 Å². The van der Waals surface area contributed by atoms with Crippen molar-refractivity contribution in [2.75, 3.05) is 7.11 Å². The van der Waals surface area contributed by atoms with Gasteiger partial charge < -0.3 is 5.11 Å². The lowest BCUT2D eigenvalue weighted by Crippen LogP contribution is -2.20. The topological polar surface area (TPSA) is 112 Å². The van der Waals surface area contributed by atoms with Crippen LogP contribution in [0, 0.1) is 0 Å². The predicted molar refractivity (Wildman–Crippen MR) is 81.3 cm³/mol. The molecule has 7 heteroatoms. The van der Waals surface area contributed by atoms with Gasteiger partial charge in [-0.05, 0) is 0 Å². The second-order valence-corrected chi connectivity index (χ2v) is 4.44. The van der Waals surface area contributed by atoms with Crippen molar-refractivity contribution in [2.24, 2.45) is 0 Å². The quantitative estimate of drug-likeness (QED) is 0.544. The smallest absolute Gasteiger partial charge is 0.299 e. The number of carbonyl (C=O) groups is 2. The van der Waals surface area contributed by atoms with Gasteiger partial charge in [0.15, 0.2) is 11.6 Å². The fourth-order valence-corrected chi connectivity index (χ4v) is 2.05. The number of hydrogen-bond donors (Lipinski definition) is 3. The Morgan fingerprint density at radius 3 is 1.05 bits per heavy atom. The Bertz CT molecular complexity index is 601. The van der Waals surface area contributed by atoms with Crippen LogP contribution < -0.4 is 0 Å². The van der Waals surface area contributed by atoms with E-state index in [-0.39, 0.29) is 11.6 Å². The molecular weight excluding hydrogens is 308 g/mol. The molecule has 0 aliphatic heterocycles. The van der Waals surface area contributed by atoms with Crippen LogP contribution in [-0.2, 0) is 11.4 Å². The molecule has 1 aliphatic rings. The summed E-state index contributed by atoms with van der Waals surface area (Å²) >= 11 is -2.61. The van der Waals surface area contributed by atoms with Crippen molar-refractivity contribution >= 4 is 22.9 Å². The van der Waals surface area contributed by atoms with Crippen LogP contribution in [0.5, 0.6) is 0 Å². The summed E-state index contributed by atoms with van der Waals surface area (Å²) < 4.78 is 22.8. The lowest BCUT2D eigenvalue weighted by atomic mass is 9.84. The third-order valence-electron chi connectivity index (χ3n) is 2.83. The lowest BCUT2D eigenvalue weighted by molar-refractivity contribution is 0.0979. The van der Waals surface area contributed by atoms with E-state index >= 15 is 0 Å². The number of benzene rings is 2. The summed E-state index contributed by atoms with van der Waals surface area (Å²) in [4.78, 5) is 24.2. The van der Waals surface area contributed by atoms with E-state index in [0.717, 1.165) is 7.11 Å². The Morgan fingerprint density at radius 1 is 0.682 bits per heavy atom. The molecule has 0 radical (unpaired) electrons. The third-order valence-corrected chi connectivity index (χ3v) is 2.83. The predicted octanol–water partition coefficient (Wildman–Crippen LogP) is 1.75. The van der Waals surface area contributed by atoms with Crippen molar-refractivity contribution in [2.45, 2.75) is 0 Å². The first kappa shape index (κ1) is 17.9. The van der Waals surface area contributed by atoms with Crippen LogP contribution in [0.4, 0.5) is 0 Å². The number of carbonyl (C=O) groups excluding carboxylic acids is 2. The first-order valence-electron chi connectivity index (χ1n) is 6.04. The van der Waals surface area contributed by atoms with Crippen LogP contribution in [0.15, 0.2) is 48.5 Å². The maximum Gasteiger partial charge on any atom is 0.299 e. The second kappa shape index (κ2) is 8.30. The van der Waals surface area contributed by atoms with Crippen LogP contribution >= 0.6 is 0 Å². The molecule has 0 heterocycles. The van der Waals surface area contributed by atoms with Crippen LogP contribution in [0.2, 0.25) is 0 Å². The molecule has 0 spiro atoms. The summed E-state index contributed by atoms with van der Waals surface area (Å²) in [6.07, 6.45) is 0. The van der Waals surface area contributed by atoms with Crippen molar-refractivity contribution in [1.82, 2.24) is 0 Å². The summed E-state index contributed by atoms with van der Waals surface area (Å²) in [5.74, 6) is -0.128. The summed E-state index contributed by atoms with van der Waals surface area (Å²) in [6, 6.07) is 13.9. The highest BCUT2D eigenvalue weighted by atomic mass is 32.2. The van der Waals surface area contributed by atoms with Gasteiger partial charge in [-0.25, -0.2) is 0 Å². The van der Waals surface area contributed by atoms with Crippen molar-refractivity contribution in [1.29, 1.82) is 0 Å². The highest BCUT2D eigenvalue weighted by Gasteiger charge is 2.28. The zero-order valence-corrected chi connectivity index (χ0v) is 12.4. The second-order valence-electron chi connectivity index (χ2n) is 3.98. The molecule has 2 aromatic rings. The normalized spacial score (nSPS) is 11.5. The largest absolute Gasteiger partial charge is 0.400 e. The van der Waals surface area contributed by atoms with Crippen LogP contribution in [0.1, 0.15) is 31.8 Å². The van der Waals surface area contributed by atoms with Gasteiger partial charge in [0.2, 0.25) is 0 Å². The zero-order chi connectivity index (χ0) is 16.7. The molecule has 0 bridgehead atoms. The molecule has 0 saturated carbocycles. The molecule has 116 valence electrons. The van der Waals surface area contributed by atoms with E-state index in [2.05, 4.69) is 0 Å². The molecule has 0 fully saturated rings. The molecule has 3 N–H and O–H groups in total. The van der Waals surface area contributed by atoms with E-state index in [0.29, 0.717) is 22.3 Å². The molecule has 3 rings (SSSR count). The Kier molecular flexibility index (Phi) is 6.74. The molecule has 22 heavy (non-hydrogen) atoms. The summed E-state index contributed by atoms with van der Waals surface area (Å²) in [5, 5.41) is 7.00. The van der Waals surface area contributed by atoms with Gasteiger partial charge in [0.1, 0.15) is 0 Å². The van der Waals surface area contributed by atoms with E-state index in [9.17, 15) is 9.59 Å². The Morgan fingerprint density at radius 2 is 0.864 bits per heavy atom. The molecule has 2 aromatic carbocycles. The standard InChI is InChI=1S/C14H8O2.CH4O.H2O3S/c15-13-9-5-1-2-6-10(9)14(16)12-8-4-3-7-11(12)13;1-2;1-4(2)3/h1-8H;2H,1H3;(H2,1,2,3). The van der Waals surface area contributed by atoms with Crippen LogP contribution in [0.25, 0.3) is 0 Å². The average molecular weight is 322 g/mol. The minimum Gasteiger partial charge on any atom is -0.400 e. The van der Waals surface area contributed by atoms with Crippen LogP contribution in [-0.4, -0.2) is 37.1 Å². The Hall–Kier alpha value is -2.19. The minimum absolute atomic E-state index is 0.0641. The van der Waals surface area contributed by atoms with Gasteiger partial charge >= 0.3 is 0 Å². The molecule has 0 aromatic heterocycles. The van der Waals surface area contributed by atoms with Gasteiger partial charge in [-0.1, -0.05) is 48.5 Å². The number of hydrogen-bond acceptors (Lipinski definition) is 4. The van der Waals surface area contributed by atoms with E-state index < -0.39 is 11.4 Å². The fraction of sp³-hybridized carbons (Fsp3) is 0.0667. The summed E-state index contributed by atoms with van der Waals surface area (Å²) in [5.41, 5.74) is 2.02. The maximum absolute atomic E-state index is 12.1. The van der Waals surface area contributed by atoms with E-state index in [1.54, 1.807) is 48.5 Å². The lowest BCUT2D eigenvalue weighted by Gasteiger charge is -2.16. The van der Waals surface area contributed by atoms with Crippen LogP contribution in [0.3, 0.4) is 0 Å². The van der Waals surface area contributed by atoms with Crippen molar-refractivity contribution in [3.8, 4) is 0 Å². The van der Waals surface area contributed by atoms with Gasteiger partial charge in [0.25, 0.3) is 11.4 Å². The summed E-state index contributed by atoms with van der Waals surface area (Å²) in [7, 11) is 1.00. The van der Waals surface area contributed by atoms with Gasteiger partial charge in [-0.2, -0.15) is 4.21 Å². The minimum atomic E-state index is -2.61.